The van der Waals surface area contributed by atoms with Gasteiger partial charge in [-0.1, -0.05) is 36.4 Å². The number of hydrogen-bond donors (Lipinski definition) is 2. The maximum absolute atomic E-state index is 10.4. The summed E-state index contributed by atoms with van der Waals surface area (Å²) >= 11 is 0. The predicted octanol–water partition coefficient (Wildman–Crippen LogP) is 1.74. The molecule has 0 aliphatic rings. The number of nitrogens with one attached hydrogen (secondary N) is 1. The highest BCUT2D eigenvalue weighted by Crippen LogP contribution is 2.00. The SMILES string of the molecule is CC(/C=C/c1ccccc1)=N/NC(N)=O. The molecule has 0 saturated carbocycles. The Hall–Kier alpha value is -2.10. The Kier molecular flexibility index (Phi) is 4.09. The Morgan fingerprint density at radius 2 is 2.07 bits per heavy atom. The fraction of sp³-hybridized carbons (Fsp3) is 0.0909. The second-order valence-corrected chi connectivity index (χ2v) is 2.97. The number of benzene rings is 1. The van der Waals surface area contributed by atoms with Crippen molar-refractivity contribution in [1.82, 2.24) is 5.43 Å². The first-order valence-corrected chi connectivity index (χ1v) is 4.51. The number of allylic oxidation sites excluding steroid dienone is 1. The van der Waals surface area contributed by atoms with Gasteiger partial charge in [-0.3, -0.25) is 0 Å². The van der Waals surface area contributed by atoms with Crippen LogP contribution in [0.15, 0.2) is 41.5 Å². The molecule has 78 valence electrons. The minimum atomic E-state index is -0.664. The van der Waals surface area contributed by atoms with Crippen LogP contribution >= 0.6 is 0 Å². The molecule has 0 spiro atoms. The Morgan fingerprint density at radius 3 is 2.67 bits per heavy atom. The molecule has 0 aromatic heterocycles. The van der Waals surface area contributed by atoms with Crippen LogP contribution in [0.3, 0.4) is 0 Å². The van der Waals surface area contributed by atoms with Gasteiger partial charge in [0.25, 0.3) is 0 Å². The zero-order chi connectivity index (χ0) is 11.1. The van der Waals surface area contributed by atoms with Crippen LogP contribution in [-0.2, 0) is 0 Å². The summed E-state index contributed by atoms with van der Waals surface area (Å²) in [7, 11) is 0. The van der Waals surface area contributed by atoms with Gasteiger partial charge in [-0.2, -0.15) is 5.10 Å². The normalized spacial score (nSPS) is 11.7. The minimum absolute atomic E-state index is 0.664. The molecule has 0 unspecified atom stereocenters. The Bertz CT molecular complexity index is 382. The first-order chi connectivity index (χ1) is 7.18. The third kappa shape index (κ3) is 4.61. The molecule has 0 saturated heterocycles. The maximum Gasteiger partial charge on any atom is 0.332 e. The van der Waals surface area contributed by atoms with Gasteiger partial charge in [-0.05, 0) is 18.6 Å². The second kappa shape index (κ2) is 5.59. The van der Waals surface area contributed by atoms with Crippen LogP contribution in [-0.4, -0.2) is 11.7 Å². The van der Waals surface area contributed by atoms with E-state index in [1.165, 1.54) is 0 Å². The van der Waals surface area contributed by atoms with Crippen molar-refractivity contribution in [2.24, 2.45) is 10.8 Å². The van der Waals surface area contributed by atoms with Gasteiger partial charge in [-0.25, -0.2) is 10.2 Å². The molecule has 0 radical (unpaired) electrons. The van der Waals surface area contributed by atoms with Crippen LogP contribution in [0.2, 0.25) is 0 Å². The van der Waals surface area contributed by atoms with Crippen LogP contribution in [0.5, 0.6) is 0 Å². The standard InChI is InChI=1S/C11H13N3O/c1-9(13-14-11(12)15)7-8-10-5-3-2-4-6-10/h2-8H,1H3,(H3,12,14,15)/b8-7+,13-9-. The average molecular weight is 203 g/mol. The van der Waals surface area contributed by atoms with E-state index in [2.05, 4.69) is 10.5 Å². The zero-order valence-electron chi connectivity index (χ0n) is 8.47. The van der Waals surface area contributed by atoms with E-state index in [1.807, 2.05) is 36.4 Å². The predicted molar refractivity (Wildman–Crippen MR) is 61.3 cm³/mol. The molecule has 0 bridgehead atoms. The van der Waals surface area contributed by atoms with Gasteiger partial charge in [0, 0.05) is 0 Å². The van der Waals surface area contributed by atoms with Gasteiger partial charge >= 0.3 is 6.03 Å². The number of urea groups is 1. The molecule has 3 N–H and O–H groups in total. The van der Waals surface area contributed by atoms with E-state index in [9.17, 15) is 4.79 Å². The molecule has 1 rings (SSSR count). The van der Waals surface area contributed by atoms with Crippen molar-refractivity contribution in [3.05, 3.63) is 42.0 Å². The van der Waals surface area contributed by atoms with E-state index < -0.39 is 6.03 Å². The lowest BCUT2D eigenvalue weighted by molar-refractivity contribution is 0.249. The van der Waals surface area contributed by atoms with Crippen LogP contribution in [0.4, 0.5) is 4.79 Å². The van der Waals surface area contributed by atoms with Crippen molar-refractivity contribution in [2.45, 2.75) is 6.92 Å². The molecule has 4 nitrogen and oxygen atoms in total. The number of primary amides is 1. The van der Waals surface area contributed by atoms with Crippen LogP contribution < -0.4 is 11.2 Å². The smallest absolute Gasteiger partial charge is 0.332 e. The number of amides is 2. The van der Waals surface area contributed by atoms with Crippen LogP contribution in [0, 0.1) is 0 Å². The molecule has 0 fully saturated rings. The molecule has 0 heterocycles. The van der Waals surface area contributed by atoms with Crippen LogP contribution in [0.1, 0.15) is 12.5 Å². The summed E-state index contributed by atoms with van der Waals surface area (Å²) in [5.74, 6) is 0. The highest BCUT2D eigenvalue weighted by Gasteiger charge is 1.88. The minimum Gasteiger partial charge on any atom is -0.350 e. The van der Waals surface area contributed by atoms with E-state index in [4.69, 9.17) is 5.73 Å². The molecule has 0 aliphatic carbocycles. The lowest BCUT2D eigenvalue weighted by atomic mass is 10.2. The lowest BCUT2D eigenvalue weighted by Gasteiger charge is -1.94. The highest BCUT2D eigenvalue weighted by molar-refractivity contribution is 5.96. The number of nitrogens with zero attached hydrogens (tertiary/aromatic N) is 1. The van der Waals surface area contributed by atoms with Crippen molar-refractivity contribution in [3.8, 4) is 0 Å². The fourth-order valence-corrected chi connectivity index (χ4v) is 0.962. The van der Waals surface area contributed by atoms with E-state index >= 15 is 0 Å². The number of carbonyl (C=O) groups is 1. The number of rotatable bonds is 3. The second-order valence-electron chi connectivity index (χ2n) is 2.97. The Balaban J connectivity index is 2.58. The van der Waals surface area contributed by atoms with Gasteiger partial charge in [0.15, 0.2) is 0 Å². The highest BCUT2D eigenvalue weighted by atomic mass is 16.2. The van der Waals surface area contributed by atoms with Crippen molar-refractivity contribution in [1.29, 1.82) is 0 Å². The largest absolute Gasteiger partial charge is 0.350 e. The number of hydrazone groups is 1. The zero-order valence-corrected chi connectivity index (χ0v) is 8.47. The van der Waals surface area contributed by atoms with Crippen molar-refractivity contribution >= 4 is 17.8 Å². The molecule has 15 heavy (non-hydrogen) atoms. The molecular weight excluding hydrogens is 190 g/mol. The van der Waals surface area contributed by atoms with Gasteiger partial charge < -0.3 is 5.73 Å². The third-order valence-electron chi connectivity index (χ3n) is 1.66. The Morgan fingerprint density at radius 1 is 1.40 bits per heavy atom. The first kappa shape index (κ1) is 11.0. The van der Waals surface area contributed by atoms with E-state index in [0.717, 1.165) is 5.56 Å². The first-order valence-electron chi connectivity index (χ1n) is 4.51. The summed E-state index contributed by atoms with van der Waals surface area (Å²) in [6.45, 7) is 1.77. The third-order valence-corrected chi connectivity index (χ3v) is 1.66. The fourth-order valence-electron chi connectivity index (χ4n) is 0.962. The van der Waals surface area contributed by atoms with Gasteiger partial charge in [0.1, 0.15) is 0 Å². The van der Waals surface area contributed by atoms with Gasteiger partial charge in [-0.15, -0.1) is 0 Å². The molecule has 0 aliphatic heterocycles. The topological polar surface area (TPSA) is 67.5 Å². The van der Waals surface area contributed by atoms with Crippen molar-refractivity contribution < 1.29 is 4.79 Å². The average Bonchev–Trinajstić information content (AvgIpc) is 2.25. The van der Waals surface area contributed by atoms with Gasteiger partial charge in [0.05, 0.1) is 5.71 Å². The summed E-state index contributed by atoms with van der Waals surface area (Å²) in [6.07, 6.45) is 3.70. The van der Waals surface area contributed by atoms with Gasteiger partial charge in [0.2, 0.25) is 0 Å². The molecular formula is C11H13N3O. The molecule has 0 atom stereocenters. The van der Waals surface area contributed by atoms with Crippen molar-refractivity contribution in [3.63, 3.8) is 0 Å². The van der Waals surface area contributed by atoms with E-state index in [-0.39, 0.29) is 0 Å². The van der Waals surface area contributed by atoms with E-state index in [0.29, 0.717) is 5.71 Å². The summed E-state index contributed by atoms with van der Waals surface area (Å²) in [5, 5.41) is 3.74. The summed E-state index contributed by atoms with van der Waals surface area (Å²) in [5.41, 5.74) is 8.78. The number of nitrogens with two attached hydrogens (primary N) is 1. The molecule has 1 aromatic carbocycles. The Labute approximate surface area is 88.5 Å². The number of carbonyl (C=O) groups excluding carboxylic acids is 1. The number of hydrogen-bond acceptors (Lipinski definition) is 2. The van der Waals surface area contributed by atoms with E-state index in [1.54, 1.807) is 13.0 Å². The van der Waals surface area contributed by atoms with Crippen molar-refractivity contribution in [2.75, 3.05) is 0 Å². The summed E-state index contributed by atoms with van der Waals surface area (Å²) in [6, 6.07) is 9.15. The molecule has 2 amide bonds. The molecule has 1 aromatic rings. The maximum atomic E-state index is 10.4. The van der Waals surface area contributed by atoms with Crippen LogP contribution in [0.25, 0.3) is 6.08 Å². The summed E-state index contributed by atoms with van der Waals surface area (Å²) in [4.78, 5) is 10.4. The lowest BCUT2D eigenvalue weighted by Crippen LogP contribution is -2.25. The quantitative estimate of drug-likeness (QED) is 0.570. The summed E-state index contributed by atoms with van der Waals surface area (Å²) < 4.78 is 0. The molecule has 4 heteroatoms. The monoisotopic (exact) mass is 203 g/mol.